The number of hydrogen-bond acceptors (Lipinski definition) is 5. The molecule has 6 nitrogen and oxygen atoms in total. The number of hydrogen-bond donors (Lipinski definition) is 1. The highest BCUT2D eigenvalue weighted by molar-refractivity contribution is 5.19. The average molecular weight is 323 g/mol. The van der Waals surface area contributed by atoms with E-state index in [1.165, 1.54) is 24.2 Å². The fourth-order valence-corrected chi connectivity index (χ4v) is 3.55. The molecular weight excluding hydrogens is 304 g/mol. The van der Waals surface area contributed by atoms with Crippen LogP contribution in [0.4, 0.5) is 8.78 Å². The van der Waals surface area contributed by atoms with Crippen molar-refractivity contribution in [1.82, 2.24) is 25.0 Å². The highest BCUT2D eigenvalue weighted by Crippen LogP contribution is 2.33. The third-order valence-corrected chi connectivity index (χ3v) is 4.67. The van der Waals surface area contributed by atoms with Gasteiger partial charge in [-0.05, 0) is 45.1 Å². The molecule has 0 bridgehead atoms. The van der Waals surface area contributed by atoms with Gasteiger partial charge in [-0.2, -0.15) is 4.98 Å². The van der Waals surface area contributed by atoms with E-state index in [2.05, 4.69) is 20.0 Å². The maximum atomic E-state index is 12.6. The summed E-state index contributed by atoms with van der Waals surface area (Å²) in [5, 5.41) is 3.32. The lowest BCUT2D eigenvalue weighted by atomic mass is 10.0. The van der Waals surface area contributed by atoms with Crippen molar-refractivity contribution in [1.29, 1.82) is 0 Å². The number of imidazole rings is 1. The summed E-state index contributed by atoms with van der Waals surface area (Å²) in [6, 6.07) is 0.169. The fraction of sp³-hybridized carbons (Fsp3) is 0.667. The summed E-state index contributed by atoms with van der Waals surface area (Å²) in [7, 11) is 0. The number of alkyl halides is 2. The maximum Gasteiger partial charge on any atom is 0.300 e. The van der Waals surface area contributed by atoms with Gasteiger partial charge in [0.25, 0.3) is 0 Å². The molecule has 124 valence electrons. The quantitative estimate of drug-likeness (QED) is 0.936. The number of nitrogens with one attached hydrogen (secondary N) is 1. The number of likely N-dealkylation sites (tertiary alicyclic amines) is 1. The van der Waals surface area contributed by atoms with Gasteiger partial charge in [-0.15, -0.1) is 0 Å². The Labute approximate surface area is 132 Å². The van der Waals surface area contributed by atoms with Gasteiger partial charge in [0.05, 0.1) is 18.3 Å². The standard InChI is InChI=1S/C15H19F2N5O/c16-13(17)15-20-12(23-21-15)8-22-7-3-6-11(22)14-18-9-4-1-2-5-10(9)19-14/h11,13H,1-8H2,(H,18,19). The first-order valence-corrected chi connectivity index (χ1v) is 8.13. The Hall–Kier alpha value is -1.83. The van der Waals surface area contributed by atoms with E-state index in [-0.39, 0.29) is 11.9 Å². The molecule has 1 fully saturated rings. The van der Waals surface area contributed by atoms with Crippen molar-refractivity contribution in [2.24, 2.45) is 0 Å². The van der Waals surface area contributed by atoms with Gasteiger partial charge >= 0.3 is 6.43 Å². The number of nitrogens with zero attached hydrogens (tertiary/aromatic N) is 4. The smallest absolute Gasteiger partial charge is 0.300 e. The minimum Gasteiger partial charge on any atom is -0.344 e. The van der Waals surface area contributed by atoms with Crippen LogP contribution in [0.1, 0.15) is 67.1 Å². The molecule has 23 heavy (non-hydrogen) atoms. The summed E-state index contributed by atoms with van der Waals surface area (Å²) in [6.07, 6.45) is 3.87. The molecule has 0 spiro atoms. The van der Waals surface area contributed by atoms with E-state index in [1.54, 1.807) is 0 Å². The monoisotopic (exact) mass is 323 g/mol. The summed E-state index contributed by atoms with van der Waals surface area (Å²) in [5.41, 5.74) is 2.45. The van der Waals surface area contributed by atoms with Gasteiger partial charge < -0.3 is 9.51 Å². The average Bonchev–Trinajstić information content (AvgIpc) is 3.25. The molecule has 2 aliphatic rings. The number of rotatable bonds is 4. The molecule has 0 aromatic carbocycles. The molecule has 0 amide bonds. The van der Waals surface area contributed by atoms with Gasteiger partial charge in [0.2, 0.25) is 11.7 Å². The number of aromatic nitrogens is 4. The summed E-state index contributed by atoms with van der Waals surface area (Å²) in [4.78, 5) is 14.2. The normalized spacial score (nSPS) is 22.0. The number of aryl methyl sites for hydroxylation is 2. The minimum absolute atomic E-state index is 0.169. The van der Waals surface area contributed by atoms with Crippen molar-refractivity contribution in [3.63, 3.8) is 0 Å². The van der Waals surface area contributed by atoms with E-state index in [0.717, 1.165) is 38.1 Å². The first-order chi connectivity index (χ1) is 11.2. The van der Waals surface area contributed by atoms with Gasteiger partial charge in [-0.1, -0.05) is 5.16 Å². The molecule has 1 aliphatic heterocycles. The molecule has 8 heteroatoms. The summed E-state index contributed by atoms with van der Waals surface area (Å²) >= 11 is 0. The van der Waals surface area contributed by atoms with Crippen LogP contribution in [0.25, 0.3) is 0 Å². The van der Waals surface area contributed by atoms with Crippen molar-refractivity contribution >= 4 is 0 Å². The molecular formula is C15H19F2N5O. The first kappa shape index (κ1) is 14.7. The van der Waals surface area contributed by atoms with Crippen LogP contribution >= 0.6 is 0 Å². The Kier molecular flexibility index (Phi) is 3.84. The zero-order valence-electron chi connectivity index (χ0n) is 12.8. The topological polar surface area (TPSA) is 70.8 Å². The van der Waals surface area contributed by atoms with E-state index in [0.29, 0.717) is 6.54 Å². The number of H-pyrrole nitrogens is 1. The Morgan fingerprint density at radius 3 is 2.87 bits per heavy atom. The lowest BCUT2D eigenvalue weighted by Gasteiger charge is -2.20. The van der Waals surface area contributed by atoms with Crippen LogP contribution in [0.15, 0.2) is 4.52 Å². The molecule has 4 rings (SSSR count). The SMILES string of the molecule is FC(F)c1noc(CN2CCCC2c2nc3c([nH]2)CCCC3)n1. The van der Waals surface area contributed by atoms with Crippen molar-refractivity contribution in [3.05, 3.63) is 28.9 Å². The number of aromatic amines is 1. The molecule has 1 atom stereocenters. The lowest BCUT2D eigenvalue weighted by molar-refractivity contribution is 0.136. The second kappa shape index (κ2) is 5.99. The van der Waals surface area contributed by atoms with E-state index in [1.807, 2.05) is 0 Å². The number of halogens is 2. The van der Waals surface area contributed by atoms with Gasteiger partial charge in [-0.3, -0.25) is 4.90 Å². The summed E-state index contributed by atoms with van der Waals surface area (Å²) < 4.78 is 30.0. The van der Waals surface area contributed by atoms with Crippen LogP contribution < -0.4 is 0 Å². The molecule has 1 aliphatic carbocycles. The lowest BCUT2D eigenvalue weighted by Crippen LogP contribution is -2.23. The molecule has 1 N–H and O–H groups in total. The van der Waals surface area contributed by atoms with Crippen LogP contribution in [0, 0.1) is 0 Å². The molecule has 0 saturated carbocycles. The summed E-state index contributed by atoms with van der Waals surface area (Å²) in [6.45, 7) is 1.26. The van der Waals surface area contributed by atoms with E-state index in [9.17, 15) is 8.78 Å². The third kappa shape index (κ3) is 2.87. The fourth-order valence-electron chi connectivity index (χ4n) is 3.55. The van der Waals surface area contributed by atoms with Crippen LogP contribution in [0.2, 0.25) is 0 Å². The van der Waals surface area contributed by atoms with E-state index < -0.39 is 12.2 Å². The highest BCUT2D eigenvalue weighted by atomic mass is 19.3. The Morgan fingerprint density at radius 1 is 1.22 bits per heavy atom. The predicted octanol–water partition coefficient (Wildman–Crippen LogP) is 2.95. The van der Waals surface area contributed by atoms with Crippen LogP contribution in [-0.2, 0) is 19.4 Å². The van der Waals surface area contributed by atoms with Gasteiger partial charge in [0.15, 0.2) is 0 Å². The molecule has 2 aromatic heterocycles. The zero-order chi connectivity index (χ0) is 15.8. The van der Waals surface area contributed by atoms with Crippen molar-refractivity contribution in [2.75, 3.05) is 6.54 Å². The van der Waals surface area contributed by atoms with Gasteiger partial charge in [0, 0.05) is 5.69 Å². The maximum absolute atomic E-state index is 12.6. The van der Waals surface area contributed by atoms with E-state index >= 15 is 0 Å². The van der Waals surface area contributed by atoms with Crippen LogP contribution in [0.3, 0.4) is 0 Å². The molecule has 1 saturated heterocycles. The van der Waals surface area contributed by atoms with Gasteiger partial charge in [0.1, 0.15) is 5.82 Å². The van der Waals surface area contributed by atoms with Crippen LogP contribution in [-0.4, -0.2) is 31.6 Å². The van der Waals surface area contributed by atoms with Crippen LogP contribution in [0.5, 0.6) is 0 Å². The Balaban J connectivity index is 1.50. The predicted molar refractivity (Wildman–Crippen MR) is 76.9 cm³/mol. The molecule has 1 unspecified atom stereocenters. The van der Waals surface area contributed by atoms with Crippen molar-refractivity contribution in [3.8, 4) is 0 Å². The Morgan fingerprint density at radius 2 is 2.09 bits per heavy atom. The van der Waals surface area contributed by atoms with E-state index in [4.69, 9.17) is 9.51 Å². The number of fused-ring (bicyclic) bond motifs is 1. The van der Waals surface area contributed by atoms with Crippen molar-refractivity contribution < 1.29 is 13.3 Å². The first-order valence-electron chi connectivity index (χ1n) is 8.13. The second-order valence-corrected chi connectivity index (χ2v) is 6.23. The van der Waals surface area contributed by atoms with Crippen molar-refractivity contribution in [2.45, 2.75) is 57.5 Å². The highest BCUT2D eigenvalue weighted by Gasteiger charge is 2.31. The molecule has 2 aromatic rings. The largest absolute Gasteiger partial charge is 0.344 e. The Bertz CT molecular complexity index is 660. The van der Waals surface area contributed by atoms with Gasteiger partial charge in [-0.25, -0.2) is 13.8 Å². The zero-order valence-corrected chi connectivity index (χ0v) is 12.8. The second-order valence-electron chi connectivity index (χ2n) is 6.23. The molecule has 3 heterocycles. The molecule has 0 radical (unpaired) electrons. The summed E-state index contributed by atoms with van der Waals surface area (Å²) in [5.74, 6) is 0.690. The minimum atomic E-state index is -2.70. The third-order valence-electron chi connectivity index (χ3n) is 4.67.